The minimum atomic E-state index is -0.799. The predicted molar refractivity (Wildman–Crippen MR) is 80.8 cm³/mol. The van der Waals surface area contributed by atoms with E-state index in [9.17, 15) is 9.00 Å². The van der Waals surface area contributed by atoms with Crippen LogP contribution >= 0.6 is 0 Å². The van der Waals surface area contributed by atoms with Crippen LogP contribution in [0.3, 0.4) is 0 Å². The molecule has 4 nitrogen and oxygen atoms in total. The maximum atomic E-state index is 11.6. The fraction of sp³-hybridized carbons (Fsp3) is 0.500. The van der Waals surface area contributed by atoms with Gasteiger partial charge >= 0.3 is 0 Å². The average Bonchev–Trinajstić information content (AvgIpc) is 2.37. The molecule has 0 radical (unpaired) electrons. The minimum Gasteiger partial charge on any atom is -0.325 e. The summed E-state index contributed by atoms with van der Waals surface area (Å²) in [6.07, 6.45) is 2.51. The number of carbonyl (C=O) groups excluding carboxylic acids is 1. The molecular formula is C14H22N2O2S. The summed E-state index contributed by atoms with van der Waals surface area (Å²) in [6, 6.07) is 7.69. The Kier molecular flexibility index (Phi) is 6.73. The molecule has 2 atom stereocenters. The van der Waals surface area contributed by atoms with Crippen LogP contribution in [0.25, 0.3) is 0 Å². The van der Waals surface area contributed by atoms with Crippen LogP contribution in [0, 0.1) is 6.92 Å². The second kappa shape index (κ2) is 8.07. The van der Waals surface area contributed by atoms with Gasteiger partial charge in [0.2, 0.25) is 5.91 Å². The summed E-state index contributed by atoms with van der Waals surface area (Å²) in [6.45, 7) is 4.93. The Morgan fingerprint density at radius 1 is 1.32 bits per heavy atom. The average molecular weight is 282 g/mol. The number of rotatable bonds is 7. The van der Waals surface area contributed by atoms with Crippen molar-refractivity contribution in [1.82, 2.24) is 5.32 Å². The minimum absolute atomic E-state index is 0.0610. The van der Waals surface area contributed by atoms with E-state index in [-0.39, 0.29) is 17.7 Å². The number of amides is 1. The number of benzene rings is 1. The zero-order valence-electron chi connectivity index (χ0n) is 11.7. The van der Waals surface area contributed by atoms with Gasteiger partial charge < -0.3 is 10.6 Å². The number of nitrogens with one attached hydrogen (secondary N) is 2. The molecule has 0 aliphatic rings. The van der Waals surface area contributed by atoms with Crippen molar-refractivity contribution in [2.45, 2.75) is 25.5 Å². The normalized spacial score (nSPS) is 13.8. The molecule has 1 aromatic rings. The molecule has 1 aromatic carbocycles. The van der Waals surface area contributed by atoms with Gasteiger partial charge in [0, 0.05) is 28.0 Å². The highest BCUT2D eigenvalue weighted by Gasteiger charge is 2.06. The third kappa shape index (κ3) is 6.50. The maximum Gasteiger partial charge on any atom is 0.238 e. The molecule has 0 aromatic heterocycles. The number of aryl methyl sites for hydroxylation is 1. The van der Waals surface area contributed by atoms with Gasteiger partial charge in [-0.05, 0) is 32.0 Å². The topological polar surface area (TPSA) is 58.2 Å². The first-order valence-electron chi connectivity index (χ1n) is 6.38. The van der Waals surface area contributed by atoms with Crippen molar-refractivity contribution in [3.8, 4) is 0 Å². The molecule has 106 valence electrons. The van der Waals surface area contributed by atoms with E-state index in [2.05, 4.69) is 10.6 Å². The number of hydrogen-bond acceptors (Lipinski definition) is 3. The summed E-state index contributed by atoms with van der Waals surface area (Å²) in [5.41, 5.74) is 1.97. The fourth-order valence-corrected chi connectivity index (χ4v) is 1.97. The smallest absolute Gasteiger partial charge is 0.238 e. The Hall–Kier alpha value is -1.20. The third-order valence-electron chi connectivity index (χ3n) is 2.92. The zero-order valence-corrected chi connectivity index (χ0v) is 12.5. The van der Waals surface area contributed by atoms with Gasteiger partial charge in [0.25, 0.3) is 0 Å². The van der Waals surface area contributed by atoms with Crippen molar-refractivity contribution in [2.24, 2.45) is 0 Å². The molecule has 0 bridgehead atoms. The molecule has 1 rings (SSSR count). The molecule has 0 saturated heterocycles. The van der Waals surface area contributed by atoms with Gasteiger partial charge in [-0.3, -0.25) is 9.00 Å². The van der Waals surface area contributed by atoms with Crippen molar-refractivity contribution < 1.29 is 9.00 Å². The van der Waals surface area contributed by atoms with Crippen molar-refractivity contribution in [3.63, 3.8) is 0 Å². The monoisotopic (exact) mass is 282 g/mol. The molecule has 0 saturated carbocycles. The van der Waals surface area contributed by atoms with E-state index in [4.69, 9.17) is 0 Å². The van der Waals surface area contributed by atoms with Crippen LogP contribution < -0.4 is 10.6 Å². The SMILES string of the molecule is Cc1ccc(NC(=O)CNCCC(C)S(C)=O)cc1. The Balaban J connectivity index is 2.21. The summed E-state index contributed by atoms with van der Waals surface area (Å²) in [7, 11) is -0.799. The standard InChI is InChI=1S/C14H22N2O2S/c1-11-4-6-13(7-5-11)16-14(17)10-15-9-8-12(2)19(3)18/h4-7,12,15H,8-10H2,1-3H3,(H,16,17). The van der Waals surface area contributed by atoms with Gasteiger partial charge in [0.05, 0.1) is 6.54 Å². The molecule has 0 aliphatic carbocycles. The predicted octanol–water partition coefficient (Wildman–Crippen LogP) is 1.68. The fourth-order valence-electron chi connectivity index (χ4n) is 1.52. The van der Waals surface area contributed by atoms with Crippen LogP contribution in [0.15, 0.2) is 24.3 Å². The summed E-state index contributed by atoms with van der Waals surface area (Å²) >= 11 is 0. The summed E-state index contributed by atoms with van der Waals surface area (Å²) in [4.78, 5) is 11.6. The van der Waals surface area contributed by atoms with E-state index < -0.39 is 10.8 Å². The number of hydrogen-bond donors (Lipinski definition) is 2. The lowest BCUT2D eigenvalue weighted by Crippen LogP contribution is -2.30. The first kappa shape index (κ1) is 15.9. The molecule has 19 heavy (non-hydrogen) atoms. The maximum absolute atomic E-state index is 11.6. The quantitative estimate of drug-likeness (QED) is 0.748. The molecular weight excluding hydrogens is 260 g/mol. The van der Waals surface area contributed by atoms with E-state index in [1.807, 2.05) is 38.1 Å². The lowest BCUT2D eigenvalue weighted by Gasteiger charge is -2.09. The van der Waals surface area contributed by atoms with Gasteiger partial charge in [0.1, 0.15) is 0 Å². The number of carbonyl (C=O) groups is 1. The molecule has 0 spiro atoms. The highest BCUT2D eigenvalue weighted by Crippen LogP contribution is 2.07. The zero-order chi connectivity index (χ0) is 14.3. The molecule has 5 heteroatoms. The van der Waals surface area contributed by atoms with E-state index in [0.29, 0.717) is 6.54 Å². The first-order valence-corrected chi connectivity index (χ1v) is 8.00. The Morgan fingerprint density at radius 2 is 1.95 bits per heavy atom. The van der Waals surface area contributed by atoms with Gasteiger partial charge in [-0.1, -0.05) is 24.6 Å². The first-order chi connectivity index (χ1) is 8.99. The van der Waals surface area contributed by atoms with Crippen LogP contribution in [0.2, 0.25) is 0 Å². The molecule has 0 aliphatic heterocycles. The van der Waals surface area contributed by atoms with E-state index in [1.54, 1.807) is 6.26 Å². The molecule has 2 N–H and O–H groups in total. The second-order valence-corrected chi connectivity index (χ2v) is 6.49. The van der Waals surface area contributed by atoms with Crippen molar-refractivity contribution in [1.29, 1.82) is 0 Å². The highest BCUT2D eigenvalue weighted by atomic mass is 32.2. The highest BCUT2D eigenvalue weighted by molar-refractivity contribution is 7.84. The Labute approximate surface area is 117 Å². The Bertz CT molecular complexity index is 432. The third-order valence-corrected chi connectivity index (χ3v) is 4.28. The van der Waals surface area contributed by atoms with E-state index in [1.165, 1.54) is 0 Å². The van der Waals surface area contributed by atoms with Crippen LogP contribution in [-0.2, 0) is 15.6 Å². The van der Waals surface area contributed by atoms with Crippen LogP contribution in [0.5, 0.6) is 0 Å². The van der Waals surface area contributed by atoms with Crippen LogP contribution in [0.4, 0.5) is 5.69 Å². The summed E-state index contributed by atoms with van der Waals surface area (Å²) < 4.78 is 11.1. The lowest BCUT2D eigenvalue weighted by molar-refractivity contribution is -0.115. The van der Waals surface area contributed by atoms with Gasteiger partial charge in [-0.2, -0.15) is 0 Å². The Morgan fingerprint density at radius 3 is 2.53 bits per heavy atom. The van der Waals surface area contributed by atoms with Crippen molar-refractivity contribution >= 4 is 22.4 Å². The van der Waals surface area contributed by atoms with Gasteiger partial charge in [-0.25, -0.2) is 0 Å². The van der Waals surface area contributed by atoms with Gasteiger partial charge in [-0.15, -0.1) is 0 Å². The van der Waals surface area contributed by atoms with Crippen molar-refractivity contribution in [2.75, 3.05) is 24.7 Å². The molecule has 0 heterocycles. The van der Waals surface area contributed by atoms with Gasteiger partial charge in [0.15, 0.2) is 0 Å². The molecule has 0 fully saturated rings. The second-order valence-electron chi connectivity index (χ2n) is 4.69. The molecule has 2 unspecified atom stereocenters. The van der Waals surface area contributed by atoms with E-state index >= 15 is 0 Å². The number of anilines is 1. The lowest BCUT2D eigenvalue weighted by atomic mass is 10.2. The summed E-state index contributed by atoms with van der Waals surface area (Å²) in [5, 5.41) is 6.03. The summed E-state index contributed by atoms with van der Waals surface area (Å²) in [5.74, 6) is -0.0610. The van der Waals surface area contributed by atoms with Crippen LogP contribution in [-0.4, -0.2) is 34.7 Å². The van der Waals surface area contributed by atoms with Crippen molar-refractivity contribution in [3.05, 3.63) is 29.8 Å². The largest absolute Gasteiger partial charge is 0.325 e. The van der Waals surface area contributed by atoms with Crippen LogP contribution in [0.1, 0.15) is 18.9 Å². The van der Waals surface area contributed by atoms with E-state index in [0.717, 1.165) is 17.7 Å². The molecule has 1 amide bonds.